The Hall–Kier alpha value is -1.88. The number of amides is 1. The average Bonchev–Trinajstić information content (AvgIpc) is 2.47. The van der Waals surface area contributed by atoms with Crippen molar-refractivity contribution in [3.63, 3.8) is 0 Å². The molecule has 21 heavy (non-hydrogen) atoms. The lowest BCUT2D eigenvalue weighted by Crippen LogP contribution is -2.58. The zero-order valence-electron chi connectivity index (χ0n) is 12.5. The molecular weight excluding hydrogens is 268 g/mol. The molecule has 0 spiro atoms. The van der Waals surface area contributed by atoms with E-state index in [1.807, 2.05) is 25.1 Å². The Morgan fingerprint density at radius 3 is 2.52 bits per heavy atom. The van der Waals surface area contributed by atoms with Crippen molar-refractivity contribution in [2.75, 3.05) is 6.54 Å². The molecule has 1 saturated heterocycles. The van der Waals surface area contributed by atoms with E-state index in [-0.39, 0.29) is 5.91 Å². The SMILES string of the molecule is CC1CCN(C(=O)C(C)(N)c2ccccc2)C(C(=O)O)C1. The highest BCUT2D eigenvalue weighted by atomic mass is 16.4. The summed E-state index contributed by atoms with van der Waals surface area (Å²) in [6.07, 6.45) is 1.28. The van der Waals surface area contributed by atoms with Gasteiger partial charge in [0.1, 0.15) is 11.6 Å². The Morgan fingerprint density at radius 2 is 1.95 bits per heavy atom. The van der Waals surface area contributed by atoms with Gasteiger partial charge in [-0.15, -0.1) is 0 Å². The van der Waals surface area contributed by atoms with Crippen molar-refractivity contribution < 1.29 is 14.7 Å². The molecule has 0 bridgehead atoms. The van der Waals surface area contributed by atoms with Gasteiger partial charge in [-0.1, -0.05) is 37.3 Å². The zero-order chi connectivity index (χ0) is 15.6. The number of hydrogen-bond donors (Lipinski definition) is 2. The van der Waals surface area contributed by atoms with E-state index in [1.54, 1.807) is 19.1 Å². The summed E-state index contributed by atoms with van der Waals surface area (Å²) in [4.78, 5) is 25.6. The maximum absolute atomic E-state index is 12.8. The first kappa shape index (κ1) is 15.5. The highest BCUT2D eigenvalue weighted by molar-refractivity contribution is 5.90. The second kappa shape index (κ2) is 5.85. The van der Waals surface area contributed by atoms with E-state index in [9.17, 15) is 14.7 Å². The summed E-state index contributed by atoms with van der Waals surface area (Å²) in [5, 5.41) is 9.38. The molecule has 0 saturated carbocycles. The van der Waals surface area contributed by atoms with Crippen molar-refractivity contribution in [1.29, 1.82) is 0 Å². The molecule has 5 nitrogen and oxygen atoms in total. The largest absolute Gasteiger partial charge is 0.480 e. The summed E-state index contributed by atoms with van der Waals surface area (Å²) >= 11 is 0. The fourth-order valence-electron chi connectivity index (χ4n) is 2.82. The van der Waals surface area contributed by atoms with E-state index in [0.29, 0.717) is 24.4 Å². The van der Waals surface area contributed by atoms with Crippen LogP contribution in [-0.4, -0.2) is 34.5 Å². The van der Waals surface area contributed by atoms with Gasteiger partial charge in [-0.2, -0.15) is 0 Å². The normalized spacial score (nSPS) is 25.2. The highest BCUT2D eigenvalue weighted by Gasteiger charge is 2.41. The third-order valence-corrected chi connectivity index (χ3v) is 4.23. The summed E-state index contributed by atoms with van der Waals surface area (Å²) < 4.78 is 0. The monoisotopic (exact) mass is 290 g/mol. The molecule has 1 amide bonds. The van der Waals surface area contributed by atoms with Gasteiger partial charge in [0.05, 0.1) is 0 Å². The number of nitrogens with zero attached hydrogens (tertiary/aromatic N) is 1. The van der Waals surface area contributed by atoms with Gasteiger partial charge >= 0.3 is 5.97 Å². The topological polar surface area (TPSA) is 83.6 Å². The van der Waals surface area contributed by atoms with Crippen LogP contribution in [0.25, 0.3) is 0 Å². The summed E-state index contributed by atoms with van der Waals surface area (Å²) in [6, 6.07) is 8.29. The van der Waals surface area contributed by atoms with Crippen molar-refractivity contribution in [3.05, 3.63) is 35.9 Å². The minimum absolute atomic E-state index is 0.302. The number of rotatable bonds is 3. The Kier molecular flexibility index (Phi) is 4.32. The maximum atomic E-state index is 12.8. The number of aliphatic carboxylic acids is 1. The van der Waals surface area contributed by atoms with Gasteiger partial charge < -0.3 is 15.7 Å². The van der Waals surface area contributed by atoms with Crippen LogP contribution in [0.2, 0.25) is 0 Å². The molecular formula is C16H22N2O3. The standard InChI is InChI=1S/C16H22N2O3/c1-11-8-9-18(13(10-11)14(19)20)15(21)16(2,17)12-6-4-3-5-7-12/h3-7,11,13H,8-10,17H2,1-2H3,(H,19,20). The van der Waals surface area contributed by atoms with E-state index in [4.69, 9.17) is 5.73 Å². The molecule has 0 aromatic heterocycles. The predicted octanol–water partition coefficient (Wildman–Crippen LogP) is 1.57. The predicted molar refractivity (Wildman–Crippen MR) is 79.5 cm³/mol. The Balaban J connectivity index is 2.27. The van der Waals surface area contributed by atoms with Crippen molar-refractivity contribution in [1.82, 2.24) is 4.90 Å². The van der Waals surface area contributed by atoms with Crippen LogP contribution in [0.4, 0.5) is 0 Å². The van der Waals surface area contributed by atoms with Crippen LogP contribution in [0.5, 0.6) is 0 Å². The van der Waals surface area contributed by atoms with E-state index in [0.717, 1.165) is 6.42 Å². The molecule has 2 rings (SSSR count). The number of piperidine rings is 1. The van der Waals surface area contributed by atoms with Crippen LogP contribution < -0.4 is 5.73 Å². The lowest BCUT2D eigenvalue weighted by Gasteiger charge is -2.40. The summed E-state index contributed by atoms with van der Waals surface area (Å²) in [7, 11) is 0. The number of benzene rings is 1. The lowest BCUT2D eigenvalue weighted by atomic mass is 9.87. The first-order valence-electron chi connectivity index (χ1n) is 7.22. The number of hydrogen-bond acceptors (Lipinski definition) is 3. The van der Waals surface area contributed by atoms with Crippen LogP contribution in [0.3, 0.4) is 0 Å². The van der Waals surface area contributed by atoms with Crippen molar-refractivity contribution >= 4 is 11.9 Å². The first-order valence-corrected chi connectivity index (χ1v) is 7.22. The highest BCUT2D eigenvalue weighted by Crippen LogP contribution is 2.28. The fraction of sp³-hybridized carbons (Fsp3) is 0.500. The fourth-order valence-corrected chi connectivity index (χ4v) is 2.82. The molecule has 1 fully saturated rings. The molecule has 5 heteroatoms. The number of carboxylic acids is 1. The minimum Gasteiger partial charge on any atom is -0.480 e. The molecule has 3 unspecified atom stereocenters. The summed E-state index contributed by atoms with van der Waals surface area (Å²) in [5.74, 6) is -0.984. The quantitative estimate of drug-likeness (QED) is 0.885. The van der Waals surface area contributed by atoms with Crippen LogP contribution in [0.15, 0.2) is 30.3 Å². The van der Waals surface area contributed by atoms with E-state index < -0.39 is 17.6 Å². The second-order valence-electron chi connectivity index (χ2n) is 6.05. The molecule has 0 radical (unpaired) electrons. The van der Waals surface area contributed by atoms with Crippen LogP contribution >= 0.6 is 0 Å². The Labute approximate surface area is 124 Å². The van der Waals surface area contributed by atoms with Gasteiger partial charge in [-0.25, -0.2) is 4.79 Å². The molecule has 1 aliphatic rings. The van der Waals surface area contributed by atoms with Gasteiger partial charge in [0, 0.05) is 6.54 Å². The zero-order valence-corrected chi connectivity index (χ0v) is 12.5. The first-order chi connectivity index (χ1) is 9.84. The number of nitrogens with two attached hydrogens (primary N) is 1. The number of likely N-dealkylation sites (tertiary alicyclic amines) is 1. The third-order valence-electron chi connectivity index (χ3n) is 4.23. The molecule has 1 aromatic rings. The van der Waals surface area contributed by atoms with Crippen LogP contribution in [0, 0.1) is 5.92 Å². The molecule has 1 heterocycles. The van der Waals surface area contributed by atoms with E-state index in [2.05, 4.69) is 0 Å². The molecule has 3 atom stereocenters. The lowest BCUT2D eigenvalue weighted by molar-refractivity contribution is -0.155. The second-order valence-corrected chi connectivity index (χ2v) is 6.05. The molecule has 1 aromatic carbocycles. The number of carbonyl (C=O) groups is 2. The van der Waals surface area contributed by atoms with E-state index >= 15 is 0 Å². The van der Waals surface area contributed by atoms with Crippen molar-refractivity contribution in [2.45, 2.75) is 38.3 Å². The van der Waals surface area contributed by atoms with Gasteiger partial charge in [-0.05, 0) is 31.2 Å². The molecule has 0 aliphatic carbocycles. The van der Waals surface area contributed by atoms with E-state index in [1.165, 1.54) is 4.90 Å². The van der Waals surface area contributed by atoms with Gasteiger partial charge in [0.25, 0.3) is 0 Å². The summed E-state index contributed by atoms with van der Waals surface area (Å²) in [6.45, 7) is 4.09. The molecule has 114 valence electrons. The smallest absolute Gasteiger partial charge is 0.326 e. The Morgan fingerprint density at radius 1 is 1.33 bits per heavy atom. The number of carboxylic acid groups (broad SMARTS) is 1. The van der Waals surface area contributed by atoms with Crippen molar-refractivity contribution in [2.24, 2.45) is 11.7 Å². The number of carbonyl (C=O) groups excluding carboxylic acids is 1. The molecule has 1 aliphatic heterocycles. The summed E-state index contributed by atoms with van der Waals surface area (Å²) in [5.41, 5.74) is 5.70. The molecule has 3 N–H and O–H groups in total. The maximum Gasteiger partial charge on any atom is 0.326 e. The van der Waals surface area contributed by atoms with Gasteiger partial charge in [0.2, 0.25) is 5.91 Å². The van der Waals surface area contributed by atoms with Crippen LogP contribution in [-0.2, 0) is 15.1 Å². The van der Waals surface area contributed by atoms with Crippen LogP contribution in [0.1, 0.15) is 32.3 Å². The minimum atomic E-state index is -1.21. The third kappa shape index (κ3) is 3.08. The average molecular weight is 290 g/mol. The van der Waals surface area contributed by atoms with Gasteiger partial charge in [-0.3, -0.25) is 4.79 Å². The van der Waals surface area contributed by atoms with Gasteiger partial charge in [0.15, 0.2) is 0 Å². The Bertz CT molecular complexity index is 528. The van der Waals surface area contributed by atoms with Crippen molar-refractivity contribution in [3.8, 4) is 0 Å².